The zero-order valence-electron chi connectivity index (χ0n) is 21.6. The first-order valence-corrected chi connectivity index (χ1v) is 13.1. The van der Waals surface area contributed by atoms with Gasteiger partial charge in [-0.2, -0.15) is 4.98 Å². The lowest BCUT2D eigenvalue weighted by atomic mass is 9.93. The van der Waals surface area contributed by atoms with Gasteiger partial charge in [0, 0.05) is 41.4 Å². The fourth-order valence-corrected chi connectivity index (χ4v) is 5.51. The highest BCUT2D eigenvalue weighted by atomic mass is 32.1. The second-order valence-corrected chi connectivity index (χ2v) is 11.3. The smallest absolute Gasteiger partial charge is 0.223 e. The van der Waals surface area contributed by atoms with Crippen molar-refractivity contribution in [3.8, 4) is 11.4 Å². The summed E-state index contributed by atoms with van der Waals surface area (Å²) in [6.45, 7) is 10.9. The SMILES string of the molecule is Cc1nc(-c2ccc3ccnc(N[C@@H](CCCN)CC(=O)Cc4nc(C)c(C(C)(C)C)s4)c3c2)no1. The largest absolute Gasteiger partial charge is 0.366 e. The van der Waals surface area contributed by atoms with Crippen LogP contribution < -0.4 is 11.1 Å². The number of pyridine rings is 1. The number of aromatic nitrogens is 4. The highest BCUT2D eigenvalue weighted by Crippen LogP contribution is 2.32. The van der Waals surface area contributed by atoms with E-state index in [-0.39, 0.29) is 17.2 Å². The van der Waals surface area contributed by atoms with Gasteiger partial charge in [-0.25, -0.2) is 9.97 Å². The van der Waals surface area contributed by atoms with Crippen LogP contribution >= 0.6 is 11.3 Å². The maximum Gasteiger partial charge on any atom is 0.223 e. The van der Waals surface area contributed by atoms with E-state index in [0.717, 1.165) is 45.7 Å². The van der Waals surface area contributed by atoms with Crippen molar-refractivity contribution in [1.29, 1.82) is 0 Å². The standard InChI is InChI=1S/C27H34N6O2S/c1-16-24(27(3,4)5)36-23(30-16)15-21(34)14-20(7-6-11-28)32-26-22-13-19(25-31-17(2)35-33-25)9-8-18(22)10-12-29-26/h8-10,12-13,20H,6-7,11,14-15,28H2,1-5H3,(H,29,32)/t20-/m0/s1. The number of carbonyl (C=O) groups excluding carboxylic acids is 1. The summed E-state index contributed by atoms with van der Waals surface area (Å²) >= 11 is 1.64. The zero-order chi connectivity index (χ0) is 25.9. The Morgan fingerprint density at radius 1 is 1.19 bits per heavy atom. The summed E-state index contributed by atoms with van der Waals surface area (Å²) in [6, 6.07) is 7.86. The Bertz CT molecular complexity index is 1350. The fraction of sp³-hybridized carbons (Fsp3) is 0.444. The number of nitrogens with one attached hydrogen (secondary N) is 1. The number of Topliss-reactive ketones (excluding diaryl/α,β-unsaturated/α-hetero) is 1. The molecule has 0 amide bonds. The number of nitrogens with two attached hydrogens (primary N) is 1. The maximum atomic E-state index is 13.1. The van der Waals surface area contributed by atoms with E-state index < -0.39 is 0 Å². The molecule has 0 radical (unpaired) electrons. The predicted molar refractivity (Wildman–Crippen MR) is 144 cm³/mol. The molecule has 36 heavy (non-hydrogen) atoms. The van der Waals surface area contributed by atoms with Crippen LogP contribution in [0.1, 0.15) is 61.5 Å². The quantitative estimate of drug-likeness (QED) is 0.294. The first-order chi connectivity index (χ1) is 17.1. The molecule has 4 rings (SSSR count). The fourth-order valence-electron chi connectivity index (χ4n) is 4.36. The molecule has 0 fully saturated rings. The number of hydrogen-bond donors (Lipinski definition) is 2. The second kappa shape index (κ2) is 10.8. The van der Waals surface area contributed by atoms with Gasteiger partial charge in [0.05, 0.1) is 12.1 Å². The molecule has 8 nitrogen and oxygen atoms in total. The number of rotatable bonds is 10. The lowest BCUT2D eigenvalue weighted by molar-refractivity contribution is -0.118. The van der Waals surface area contributed by atoms with Crippen LogP contribution in [0.3, 0.4) is 0 Å². The summed E-state index contributed by atoms with van der Waals surface area (Å²) in [7, 11) is 0. The normalized spacial score (nSPS) is 12.7. The van der Waals surface area contributed by atoms with Crippen molar-refractivity contribution in [3.63, 3.8) is 0 Å². The second-order valence-electron chi connectivity index (χ2n) is 10.2. The summed E-state index contributed by atoms with van der Waals surface area (Å²) in [5, 5.41) is 10.4. The summed E-state index contributed by atoms with van der Waals surface area (Å²) < 4.78 is 5.14. The molecule has 9 heteroatoms. The topological polar surface area (TPSA) is 120 Å². The van der Waals surface area contributed by atoms with E-state index in [0.29, 0.717) is 31.1 Å². The van der Waals surface area contributed by atoms with Crippen LogP contribution in [0.5, 0.6) is 0 Å². The van der Waals surface area contributed by atoms with Crippen molar-refractivity contribution in [1.82, 2.24) is 20.1 Å². The van der Waals surface area contributed by atoms with Crippen LogP contribution in [-0.4, -0.2) is 38.5 Å². The molecule has 3 heterocycles. The summed E-state index contributed by atoms with van der Waals surface area (Å²) in [6.07, 6.45) is 4.08. The minimum atomic E-state index is -0.0848. The number of benzene rings is 1. The highest BCUT2D eigenvalue weighted by Gasteiger charge is 2.23. The third-order valence-corrected chi connectivity index (χ3v) is 7.58. The van der Waals surface area contributed by atoms with Crippen LogP contribution in [0, 0.1) is 13.8 Å². The van der Waals surface area contributed by atoms with Crippen molar-refractivity contribution in [2.75, 3.05) is 11.9 Å². The van der Waals surface area contributed by atoms with Gasteiger partial charge in [-0.3, -0.25) is 4.79 Å². The number of anilines is 1. The number of fused-ring (bicyclic) bond motifs is 1. The van der Waals surface area contributed by atoms with E-state index in [1.54, 1.807) is 24.5 Å². The van der Waals surface area contributed by atoms with Crippen LogP contribution in [0.15, 0.2) is 35.0 Å². The summed E-state index contributed by atoms with van der Waals surface area (Å²) in [5.41, 5.74) is 7.68. The summed E-state index contributed by atoms with van der Waals surface area (Å²) in [4.78, 5) is 27.9. The van der Waals surface area contributed by atoms with E-state index in [9.17, 15) is 4.79 Å². The van der Waals surface area contributed by atoms with Gasteiger partial charge in [-0.15, -0.1) is 11.3 Å². The van der Waals surface area contributed by atoms with Crippen LogP contribution in [0.25, 0.3) is 22.2 Å². The molecule has 0 unspecified atom stereocenters. The van der Waals surface area contributed by atoms with Crippen LogP contribution in [0.4, 0.5) is 5.82 Å². The maximum absolute atomic E-state index is 13.1. The van der Waals surface area contributed by atoms with Gasteiger partial charge in [-0.05, 0) is 49.2 Å². The van der Waals surface area contributed by atoms with E-state index in [1.807, 2.05) is 31.2 Å². The van der Waals surface area contributed by atoms with E-state index in [1.165, 1.54) is 4.88 Å². The lowest BCUT2D eigenvalue weighted by Crippen LogP contribution is -2.25. The monoisotopic (exact) mass is 506 g/mol. The van der Waals surface area contributed by atoms with Gasteiger partial charge >= 0.3 is 0 Å². The Morgan fingerprint density at radius 2 is 2.00 bits per heavy atom. The molecule has 0 aliphatic heterocycles. The van der Waals surface area contributed by atoms with Gasteiger partial charge in [0.2, 0.25) is 11.7 Å². The number of ketones is 1. The number of carbonyl (C=O) groups is 1. The predicted octanol–water partition coefficient (Wildman–Crippen LogP) is 5.38. The van der Waals surface area contributed by atoms with Gasteiger partial charge in [0.15, 0.2) is 0 Å². The Morgan fingerprint density at radius 3 is 2.67 bits per heavy atom. The zero-order valence-corrected chi connectivity index (χ0v) is 22.4. The number of aryl methyl sites for hydroxylation is 2. The Hall–Kier alpha value is -3.17. The molecule has 1 atom stereocenters. The average Bonchev–Trinajstić information content (AvgIpc) is 3.42. The van der Waals surface area contributed by atoms with Gasteiger partial charge in [-0.1, -0.05) is 38.1 Å². The molecule has 190 valence electrons. The first kappa shape index (κ1) is 25.9. The molecule has 0 bridgehead atoms. The van der Waals surface area contributed by atoms with Crippen molar-refractivity contribution < 1.29 is 9.32 Å². The van der Waals surface area contributed by atoms with Crippen molar-refractivity contribution >= 4 is 33.7 Å². The Balaban J connectivity index is 1.54. The van der Waals surface area contributed by atoms with Crippen molar-refractivity contribution in [2.45, 2.75) is 71.8 Å². The molecule has 0 saturated heterocycles. The molecule has 0 aliphatic rings. The average molecular weight is 507 g/mol. The van der Waals surface area contributed by atoms with Crippen LogP contribution in [0.2, 0.25) is 0 Å². The van der Waals surface area contributed by atoms with E-state index in [4.69, 9.17) is 10.3 Å². The number of hydrogen-bond acceptors (Lipinski definition) is 9. The van der Waals surface area contributed by atoms with Crippen molar-refractivity contribution in [3.05, 3.63) is 51.9 Å². The molecule has 0 aliphatic carbocycles. The van der Waals surface area contributed by atoms with Crippen LogP contribution in [-0.2, 0) is 16.6 Å². The molecule has 0 saturated carbocycles. The molecule has 1 aromatic carbocycles. The third-order valence-electron chi connectivity index (χ3n) is 5.99. The Labute approximate surface area is 215 Å². The van der Waals surface area contributed by atoms with Gasteiger partial charge in [0.1, 0.15) is 16.6 Å². The molecule has 3 aromatic heterocycles. The molecular formula is C27H34N6O2S. The van der Waals surface area contributed by atoms with Gasteiger partial charge in [0.25, 0.3) is 0 Å². The minimum absolute atomic E-state index is 0.0212. The summed E-state index contributed by atoms with van der Waals surface area (Å²) in [5.74, 6) is 1.93. The van der Waals surface area contributed by atoms with E-state index in [2.05, 4.69) is 46.2 Å². The molecule has 3 N–H and O–H groups in total. The molecule has 0 spiro atoms. The van der Waals surface area contributed by atoms with Gasteiger partial charge < -0.3 is 15.6 Å². The number of nitrogens with zero attached hydrogens (tertiary/aromatic N) is 4. The minimum Gasteiger partial charge on any atom is -0.366 e. The lowest BCUT2D eigenvalue weighted by Gasteiger charge is -2.20. The van der Waals surface area contributed by atoms with Crippen molar-refractivity contribution in [2.24, 2.45) is 5.73 Å². The van der Waals surface area contributed by atoms with E-state index >= 15 is 0 Å². The number of thiazole rings is 1. The first-order valence-electron chi connectivity index (χ1n) is 12.3. The molecule has 4 aromatic rings. The highest BCUT2D eigenvalue weighted by molar-refractivity contribution is 7.12. The third kappa shape index (κ3) is 6.14. The molecular weight excluding hydrogens is 472 g/mol. The Kier molecular flexibility index (Phi) is 7.80.